The van der Waals surface area contributed by atoms with Gasteiger partial charge in [0.2, 0.25) is 10.0 Å². The Morgan fingerprint density at radius 2 is 1.78 bits per heavy atom. The molecule has 0 unspecified atom stereocenters. The molecule has 0 aromatic heterocycles. The molecule has 1 aromatic rings. The number of sulfonamides is 1. The predicted octanol–water partition coefficient (Wildman–Crippen LogP) is -0.138. The fraction of sp³-hybridized carbons (Fsp3) is 0.333. The fourth-order valence-corrected chi connectivity index (χ4v) is 3.01. The lowest BCUT2D eigenvalue weighted by Crippen LogP contribution is -2.16. The molecule has 0 bridgehead atoms. The van der Waals surface area contributed by atoms with E-state index >= 15 is 0 Å². The molecule has 101 valence electrons. The van der Waals surface area contributed by atoms with Crippen LogP contribution in [0.2, 0.25) is 0 Å². The van der Waals surface area contributed by atoms with Crippen molar-refractivity contribution in [3.8, 4) is 0 Å². The SMILES string of the molecule is Cc1c(CC[O])cc(S(=O)(=O)O)cc1S(N)(=O)=O. The van der Waals surface area contributed by atoms with Crippen LogP contribution in [0, 0.1) is 6.92 Å². The number of primary sulfonamides is 1. The van der Waals surface area contributed by atoms with Crippen molar-refractivity contribution in [1.82, 2.24) is 0 Å². The summed E-state index contributed by atoms with van der Waals surface area (Å²) >= 11 is 0. The second-order valence-corrected chi connectivity index (χ2v) is 6.63. The highest BCUT2D eigenvalue weighted by Gasteiger charge is 2.20. The van der Waals surface area contributed by atoms with Crippen LogP contribution < -0.4 is 5.14 Å². The van der Waals surface area contributed by atoms with Gasteiger partial charge in [0.25, 0.3) is 10.1 Å². The summed E-state index contributed by atoms with van der Waals surface area (Å²) in [6.45, 7) is 0.873. The van der Waals surface area contributed by atoms with Crippen molar-refractivity contribution >= 4 is 20.1 Å². The molecule has 0 amide bonds. The van der Waals surface area contributed by atoms with Crippen LogP contribution >= 0.6 is 0 Å². The van der Waals surface area contributed by atoms with Gasteiger partial charge in [-0.15, -0.1) is 0 Å². The Labute approximate surface area is 105 Å². The van der Waals surface area contributed by atoms with Gasteiger partial charge in [-0.3, -0.25) is 4.55 Å². The van der Waals surface area contributed by atoms with Crippen molar-refractivity contribution in [3.63, 3.8) is 0 Å². The maximum atomic E-state index is 11.3. The first-order valence-corrected chi connectivity index (χ1v) is 7.78. The topological polar surface area (TPSA) is 134 Å². The summed E-state index contributed by atoms with van der Waals surface area (Å²) in [4.78, 5) is -1.01. The second-order valence-electron chi connectivity index (χ2n) is 3.68. The third kappa shape index (κ3) is 3.27. The van der Waals surface area contributed by atoms with E-state index in [9.17, 15) is 21.9 Å². The van der Waals surface area contributed by atoms with E-state index in [0.29, 0.717) is 0 Å². The molecule has 1 aromatic carbocycles. The smallest absolute Gasteiger partial charge is 0.282 e. The van der Waals surface area contributed by atoms with Gasteiger partial charge in [-0.05, 0) is 36.6 Å². The third-order valence-electron chi connectivity index (χ3n) is 2.42. The van der Waals surface area contributed by atoms with Crippen molar-refractivity contribution in [2.75, 3.05) is 6.61 Å². The van der Waals surface area contributed by atoms with Crippen molar-refractivity contribution < 1.29 is 26.5 Å². The summed E-state index contributed by atoms with van der Waals surface area (Å²) in [5.41, 5.74) is 0.435. The molecule has 0 atom stereocenters. The normalized spacial score (nSPS) is 12.7. The zero-order valence-electron chi connectivity index (χ0n) is 9.45. The highest BCUT2D eigenvalue weighted by molar-refractivity contribution is 7.89. The Balaban J connectivity index is 3.68. The average Bonchev–Trinajstić information content (AvgIpc) is 2.17. The van der Waals surface area contributed by atoms with E-state index in [1.807, 2.05) is 0 Å². The van der Waals surface area contributed by atoms with Crippen LogP contribution in [-0.4, -0.2) is 28.0 Å². The van der Waals surface area contributed by atoms with Crippen LogP contribution in [0.5, 0.6) is 0 Å². The molecule has 1 rings (SSSR count). The number of benzene rings is 1. The zero-order chi connectivity index (χ0) is 14.1. The predicted molar refractivity (Wildman–Crippen MR) is 61.6 cm³/mol. The number of hydrogen-bond acceptors (Lipinski definition) is 4. The molecule has 7 nitrogen and oxygen atoms in total. The molecule has 0 spiro atoms. The van der Waals surface area contributed by atoms with Crippen LogP contribution in [0.25, 0.3) is 0 Å². The standard InChI is InChI=1S/C9H12NO6S2/c1-6-7(2-3-11)4-8(18(14,15)16)5-9(6)17(10,12)13/h4-5H,2-3H2,1H3,(H2,10,12,13)(H,14,15,16). The fourth-order valence-electron chi connectivity index (χ4n) is 1.53. The van der Waals surface area contributed by atoms with E-state index in [0.717, 1.165) is 12.1 Å². The zero-order valence-corrected chi connectivity index (χ0v) is 11.1. The molecule has 0 aliphatic heterocycles. The van der Waals surface area contributed by atoms with Crippen LogP contribution in [0.1, 0.15) is 11.1 Å². The van der Waals surface area contributed by atoms with Gasteiger partial charge in [0, 0.05) is 0 Å². The van der Waals surface area contributed by atoms with E-state index in [4.69, 9.17) is 9.69 Å². The molecule has 0 heterocycles. The molecule has 18 heavy (non-hydrogen) atoms. The van der Waals surface area contributed by atoms with Gasteiger partial charge in [0.1, 0.15) is 0 Å². The third-order valence-corrected chi connectivity index (χ3v) is 4.29. The van der Waals surface area contributed by atoms with Gasteiger partial charge in [-0.25, -0.2) is 18.7 Å². The number of hydrogen-bond donors (Lipinski definition) is 2. The van der Waals surface area contributed by atoms with Crippen LogP contribution in [-0.2, 0) is 31.7 Å². The summed E-state index contributed by atoms with van der Waals surface area (Å²) in [6, 6.07) is 1.84. The summed E-state index contributed by atoms with van der Waals surface area (Å²) in [7, 11) is -8.70. The minimum atomic E-state index is -4.57. The van der Waals surface area contributed by atoms with Crippen molar-refractivity contribution in [3.05, 3.63) is 23.3 Å². The summed E-state index contributed by atoms with van der Waals surface area (Å²) in [5.74, 6) is 0. The molecule has 0 fully saturated rings. The average molecular weight is 294 g/mol. The van der Waals surface area contributed by atoms with Gasteiger partial charge < -0.3 is 0 Å². The maximum absolute atomic E-state index is 11.3. The van der Waals surface area contributed by atoms with E-state index in [2.05, 4.69) is 0 Å². The molecule has 3 N–H and O–H groups in total. The molecule has 0 saturated carbocycles. The van der Waals surface area contributed by atoms with Crippen LogP contribution in [0.15, 0.2) is 21.9 Å². The first-order chi connectivity index (χ1) is 8.07. The molecule has 0 aliphatic carbocycles. The van der Waals surface area contributed by atoms with Crippen molar-refractivity contribution in [2.45, 2.75) is 23.1 Å². The van der Waals surface area contributed by atoms with E-state index < -0.39 is 36.5 Å². The quantitative estimate of drug-likeness (QED) is 0.745. The lowest BCUT2D eigenvalue weighted by molar-refractivity contribution is 0.197. The first kappa shape index (κ1) is 15.1. The van der Waals surface area contributed by atoms with E-state index in [1.165, 1.54) is 6.92 Å². The van der Waals surface area contributed by atoms with Gasteiger partial charge >= 0.3 is 0 Å². The monoisotopic (exact) mass is 294 g/mol. The van der Waals surface area contributed by atoms with Gasteiger partial charge in [0.15, 0.2) is 0 Å². The number of rotatable bonds is 4. The largest absolute Gasteiger partial charge is 0.294 e. The molecule has 0 saturated heterocycles. The Morgan fingerprint density at radius 1 is 1.22 bits per heavy atom. The van der Waals surface area contributed by atoms with E-state index in [1.54, 1.807) is 0 Å². The Hall–Kier alpha value is -1.00. The van der Waals surface area contributed by atoms with E-state index in [-0.39, 0.29) is 17.5 Å². The molecule has 1 radical (unpaired) electrons. The lowest BCUT2D eigenvalue weighted by Gasteiger charge is -2.11. The van der Waals surface area contributed by atoms with Crippen molar-refractivity contribution in [1.29, 1.82) is 0 Å². The Bertz CT molecular complexity index is 663. The molecular weight excluding hydrogens is 282 g/mol. The summed E-state index contributed by atoms with van der Waals surface area (Å²) in [6.07, 6.45) is -0.0578. The van der Waals surface area contributed by atoms with Gasteiger partial charge in [0.05, 0.1) is 16.4 Å². The van der Waals surface area contributed by atoms with Gasteiger partial charge in [-0.2, -0.15) is 8.42 Å². The minimum absolute atomic E-state index is 0.0578. The maximum Gasteiger partial charge on any atom is 0.294 e. The minimum Gasteiger partial charge on any atom is -0.282 e. The molecule has 0 aliphatic rings. The van der Waals surface area contributed by atoms with Gasteiger partial charge in [-0.1, -0.05) is 0 Å². The summed E-state index contributed by atoms with van der Waals surface area (Å²) < 4.78 is 53.6. The Morgan fingerprint density at radius 3 is 2.17 bits per heavy atom. The first-order valence-electron chi connectivity index (χ1n) is 4.79. The molecule has 9 heteroatoms. The highest BCUT2D eigenvalue weighted by Crippen LogP contribution is 2.23. The van der Waals surface area contributed by atoms with Crippen LogP contribution in [0.4, 0.5) is 0 Å². The number of nitrogens with two attached hydrogens (primary N) is 1. The lowest BCUT2D eigenvalue weighted by atomic mass is 10.1. The molecular formula is C9H12NO6S2. The summed E-state index contributed by atoms with van der Waals surface area (Å²) in [5, 5.41) is 15.5. The van der Waals surface area contributed by atoms with Crippen LogP contribution in [0.3, 0.4) is 0 Å². The second kappa shape index (κ2) is 4.94. The van der Waals surface area contributed by atoms with Crippen molar-refractivity contribution in [2.24, 2.45) is 5.14 Å². The highest BCUT2D eigenvalue weighted by atomic mass is 32.2. The Kier molecular flexibility index (Phi) is 4.13.